The Labute approximate surface area is 116 Å². The van der Waals surface area contributed by atoms with Gasteiger partial charge < -0.3 is 5.32 Å². The number of carbonyl (C=O) groups excluding carboxylic acids is 1. The molecule has 1 heterocycles. The minimum atomic E-state index is -0.304. The van der Waals surface area contributed by atoms with Gasteiger partial charge in [0.1, 0.15) is 5.82 Å². The fourth-order valence-electron chi connectivity index (χ4n) is 1.59. The van der Waals surface area contributed by atoms with E-state index in [0.717, 1.165) is 11.1 Å². The van der Waals surface area contributed by atoms with Crippen LogP contribution in [0.3, 0.4) is 0 Å². The van der Waals surface area contributed by atoms with Crippen molar-refractivity contribution in [3.8, 4) is 0 Å². The molecule has 2 aromatic rings. The highest BCUT2D eigenvalue weighted by molar-refractivity contribution is 6.31. The van der Waals surface area contributed by atoms with E-state index >= 15 is 0 Å². The van der Waals surface area contributed by atoms with E-state index in [4.69, 9.17) is 11.6 Å². The van der Waals surface area contributed by atoms with Crippen LogP contribution in [0, 0.1) is 6.92 Å². The summed E-state index contributed by atoms with van der Waals surface area (Å²) >= 11 is 6.01. The van der Waals surface area contributed by atoms with Gasteiger partial charge in [-0.2, -0.15) is 0 Å². The van der Waals surface area contributed by atoms with Gasteiger partial charge in [-0.15, -0.1) is 0 Å². The number of halogens is 1. The van der Waals surface area contributed by atoms with Crippen LogP contribution in [0.5, 0.6) is 0 Å². The number of aryl methyl sites for hydroxylation is 1. The number of amides is 2. The van der Waals surface area contributed by atoms with Crippen LogP contribution in [0.4, 0.5) is 10.6 Å². The second-order valence-electron chi connectivity index (χ2n) is 4.07. The third-order valence-electron chi connectivity index (χ3n) is 2.64. The lowest BCUT2D eigenvalue weighted by molar-refractivity contribution is 0.251. The fourth-order valence-corrected chi connectivity index (χ4v) is 1.79. The van der Waals surface area contributed by atoms with Crippen molar-refractivity contribution in [1.82, 2.24) is 10.3 Å². The molecule has 19 heavy (non-hydrogen) atoms. The van der Waals surface area contributed by atoms with Gasteiger partial charge in [-0.05, 0) is 30.2 Å². The van der Waals surface area contributed by atoms with Crippen molar-refractivity contribution in [2.24, 2.45) is 0 Å². The second-order valence-corrected chi connectivity index (χ2v) is 4.48. The zero-order chi connectivity index (χ0) is 13.7. The Morgan fingerprint density at radius 2 is 2.05 bits per heavy atom. The van der Waals surface area contributed by atoms with E-state index in [1.165, 1.54) is 0 Å². The number of nitrogens with zero attached hydrogens (tertiary/aromatic N) is 1. The third-order valence-corrected chi connectivity index (χ3v) is 3.01. The number of nitrogens with one attached hydrogen (secondary N) is 2. The largest absolute Gasteiger partial charge is 0.334 e. The van der Waals surface area contributed by atoms with Gasteiger partial charge in [-0.1, -0.05) is 35.9 Å². The van der Waals surface area contributed by atoms with Crippen molar-refractivity contribution in [3.63, 3.8) is 0 Å². The molecule has 0 spiro atoms. The molecular weight excluding hydrogens is 262 g/mol. The number of hydrogen-bond acceptors (Lipinski definition) is 2. The number of pyridine rings is 1. The molecule has 0 aliphatic rings. The van der Waals surface area contributed by atoms with Crippen LogP contribution < -0.4 is 10.6 Å². The first-order valence-electron chi connectivity index (χ1n) is 5.86. The monoisotopic (exact) mass is 275 g/mol. The summed E-state index contributed by atoms with van der Waals surface area (Å²) in [6.45, 7) is 2.26. The molecule has 0 aliphatic carbocycles. The molecular formula is C14H14ClN3O. The quantitative estimate of drug-likeness (QED) is 0.902. The average Bonchev–Trinajstić information content (AvgIpc) is 2.40. The maximum absolute atomic E-state index is 11.7. The second kappa shape index (κ2) is 6.20. The first-order chi connectivity index (χ1) is 9.16. The fraction of sp³-hybridized carbons (Fsp3) is 0.143. The zero-order valence-electron chi connectivity index (χ0n) is 10.5. The van der Waals surface area contributed by atoms with Gasteiger partial charge in [0.2, 0.25) is 0 Å². The summed E-state index contributed by atoms with van der Waals surface area (Å²) in [5.74, 6) is 0.555. The molecule has 2 amide bonds. The van der Waals surface area contributed by atoms with Crippen LogP contribution in [0.2, 0.25) is 5.02 Å². The Morgan fingerprint density at radius 3 is 2.79 bits per heavy atom. The number of hydrogen-bond donors (Lipinski definition) is 2. The predicted molar refractivity (Wildman–Crippen MR) is 76.3 cm³/mol. The maximum atomic E-state index is 11.7. The van der Waals surface area contributed by atoms with Gasteiger partial charge in [0, 0.05) is 17.8 Å². The number of anilines is 1. The molecule has 1 aromatic heterocycles. The number of aromatic nitrogens is 1. The zero-order valence-corrected chi connectivity index (χ0v) is 11.2. The smallest absolute Gasteiger partial charge is 0.320 e. The highest BCUT2D eigenvalue weighted by atomic mass is 35.5. The Bertz CT molecular complexity index is 586. The summed E-state index contributed by atoms with van der Waals surface area (Å²) in [4.78, 5) is 15.8. The molecule has 0 aliphatic heterocycles. The molecule has 2 N–H and O–H groups in total. The molecule has 0 fully saturated rings. The van der Waals surface area contributed by atoms with Gasteiger partial charge in [0.05, 0.1) is 0 Å². The van der Waals surface area contributed by atoms with Gasteiger partial charge in [-0.3, -0.25) is 5.32 Å². The molecule has 0 radical (unpaired) electrons. The number of benzene rings is 1. The van der Waals surface area contributed by atoms with Crippen molar-refractivity contribution < 1.29 is 4.79 Å². The van der Waals surface area contributed by atoms with Crippen LogP contribution in [-0.4, -0.2) is 11.0 Å². The first kappa shape index (κ1) is 13.4. The summed E-state index contributed by atoms with van der Waals surface area (Å²) in [7, 11) is 0. The van der Waals surface area contributed by atoms with Gasteiger partial charge in [0.15, 0.2) is 0 Å². The Hall–Kier alpha value is -2.07. The van der Waals surface area contributed by atoms with E-state index in [2.05, 4.69) is 15.6 Å². The minimum absolute atomic E-state index is 0.304. The lowest BCUT2D eigenvalue weighted by Gasteiger charge is -2.09. The summed E-state index contributed by atoms with van der Waals surface area (Å²) in [6.07, 6.45) is 1.64. The normalized spacial score (nSPS) is 10.0. The van der Waals surface area contributed by atoms with Crippen LogP contribution >= 0.6 is 11.6 Å². The molecule has 2 rings (SSSR count). The van der Waals surface area contributed by atoms with Crippen molar-refractivity contribution >= 4 is 23.4 Å². The van der Waals surface area contributed by atoms with Gasteiger partial charge in [0.25, 0.3) is 0 Å². The van der Waals surface area contributed by atoms with E-state index in [-0.39, 0.29) is 6.03 Å². The van der Waals surface area contributed by atoms with E-state index < -0.39 is 0 Å². The summed E-state index contributed by atoms with van der Waals surface area (Å²) in [6, 6.07) is 10.8. The van der Waals surface area contributed by atoms with Crippen LogP contribution in [0.15, 0.2) is 42.6 Å². The lowest BCUT2D eigenvalue weighted by atomic mass is 10.2. The van der Waals surface area contributed by atoms with Crippen LogP contribution in [-0.2, 0) is 6.54 Å². The molecule has 0 unspecified atom stereocenters. The molecule has 1 aromatic carbocycles. The molecule has 5 heteroatoms. The van der Waals surface area contributed by atoms with Gasteiger partial charge in [-0.25, -0.2) is 9.78 Å². The highest BCUT2D eigenvalue weighted by Crippen LogP contribution is 2.14. The Morgan fingerprint density at radius 1 is 1.26 bits per heavy atom. The van der Waals surface area contributed by atoms with Crippen molar-refractivity contribution in [2.45, 2.75) is 13.5 Å². The van der Waals surface area contributed by atoms with Crippen LogP contribution in [0.25, 0.3) is 0 Å². The molecule has 4 nitrogen and oxygen atoms in total. The van der Waals surface area contributed by atoms with Crippen LogP contribution in [0.1, 0.15) is 11.1 Å². The summed E-state index contributed by atoms with van der Waals surface area (Å²) < 4.78 is 0. The minimum Gasteiger partial charge on any atom is -0.334 e. The number of carbonyl (C=O) groups is 1. The average molecular weight is 276 g/mol. The number of urea groups is 1. The molecule has 0 bridgehead atoms. The molecule has 0 atom stereocenters. The first-order valence-corrected chi connectivity index (χ1v) is 6.24. The maximum Gasteiger partial charge on any atom is 0.320 e. The predicted octanol–water partition coefficient (Wildman–Crippen LogP) is 3.37. The molecule has 0 saturated heterocycles. The number of rotatable bonds is 3. The van der Waals surface area contributed by atoms with E-state index in [0.29, 0.717) is 17.4 Å². The van der Waals surface area contributed by atoms with E-state index in [1.807, 2.05) is 37.3 Å². The van der Waals surface area contributed by atoms with Gasteiger partial charge >= 0.3 is 6.03 Å². The summed E-state index contributed by atoms with van der Waals surface area (Å²) in [5, 5.41) is 6.07. The summed E-state index contributed by atoms with van der Waals surface area (Å²) in [5.41, 5.74) is 1.78. The van der Waals surface area contributed by atoms with Crippen molar-refractivity contribution in [2.75, 3.05) is 5.32 Å². The van der Waals surface area contributed by atoms with E-state index in [1.54, 1.807) is 12.3 Å². The Balaban J connectivity index is 1.92. The molecule has 98 valence electrons. The highest BCUT2D eigenvalue weighted by Gasteiger charge is 2.05. The SMILES string of the molecule is Cc1cccnc1NC(=O)NCc1ccccc1Cl. The topological polar surface area (TPSA) is 54.0 Å². The Kier molecular flexibility index (Phi) is 4.36. The van der Waals surface area contributed by atoms with E-state index in [9.17, 15) is 4.79 Å². The third kappa shape index (κ3) is 3.69. The molecule has 0 saturated carbocycles. The lowest BCUT2D eigenvalue weighted by Crippen LogP contribution is -2.28. The standard InChI is InChI=1S/C14H14ClN3O/c1-10-5-4-8-16-13(10)18-14(19)17-9-11-6-2-3-7-12(11)15/h2-8H,9H2,1H3,(H2,16,17,18,19). The van der Waals surface area contributed by atoms with Crippen molar-refractivity contribution in [3.05, 3.63) is 58.7 Å². The van der Waals surface area contributed by atoms with Crippen molar-refractivity contribution in [1.29, 1.82) is 0 Å².